The quantitative estimate of drug-likeness (QED) is 0.794. The first-order valence-electron chi connectivity index (χ1n) is 7.37. The minimum Gasteiger partial charge on any atom is -0.392 e. The van der Waals surface area contributed by atoms with Crippen molar-refractivity contribution in [1.29, 1.82) is 0 Å². The molecule has 1 N–H and O–H groups in total. The largest absolute Gasteiger partial charge is 0.392 e. The van der Waals surface area contributed by atoms with Crippen molar-refractivity contribution in [3.8, 4) is 0 Å². The van der Waals surface area contributed by atoms with E-state index in [1.165, 1.54) is 34.2 Å². The first-order valence-corrected chi connectivity index (χ1v) is 7.37. The second kappa shape index (κ2) is 4.34. The van der Waals surface area contributed by atoms with Crippen molar-refractivity contribution in [2.45, 2.75) is 72.3 Å². The Bertz CT molecular complexity index is 509. The number of aliphatic hydroxyl groups is 1. The van der Waals surface area contributed by atoms with Crippen molar-refractivity contribution in [2.75, 3.05) is 0 Å². The Kier molecular flexibility index (Phi) is 3.33. The predicted octanol–water partition coefficient (Wildman–Crippen LogP) is 4.39. The highest BCUT2D eigenvalue weighted by molar-refractivity contribution is 5.52. The molecular formula is C18H28O. The van der Waals surface area contributed by atoms with E-state index < -0.39 is 0 Å². The normalized spacial score (nSPS) is 24.1. The van der Waals surface area contributed by atoms with Crippen LogP contribution >= 0.6 is 0 Å². The van der Waals surface area contributed by atoms with Gasteiger partial charge in [0.2, 0.25) is 0 Å². The van der Waals surface area contributed by atoms with E-state index in [2.05, 4.69) is 54.5 Å². The van der Waals surface area contributed by atoms with Gasteiger partial charge in [-0.15, -0.1) is 0 Å². The fourth-order valence-corrected chi connectivity index (χ4v) is 3.85. The van der Waals surface area contributed by atoms with E-state index in [1.54, 1.807) is 0 Å². The lowest BCUT2D eigenvalue weighted by Gasteiger charge is -2.48. The van der Waals surface area contributed by atoms with E-state index in [4.69, 9.17) is 0 Å². The zero-order valence-electron chi connectivity index (χ0n) is 13.5. The Morgan fingerprint density at radius 3 is 2.32 bits per heavy atom. The number of aliphatic hydroxyl groups excluding tert-OH is 1. The van der Waals surface area contributed by atoms with Gasteiger partial charge in [-0.05, 0) is 64.8 Å². The van der Waals surface area contributed by atoms with Gasteiger partial charge in [0.25, 0.3) is 0 Å². The average Bonchev–Trinajstić information content (AvgIpc) is 2.29. The third kappa shape index (κ3) is 2.03. The molecule has 1 atom stereocenters. The molecule has 0 aromatic heterocycles. The maximum absolute atomic E-state index is 9.87. The number of benzene rings is 1. The van der Waals surface area contributed by atoms with Crippen LogP contribution in [0.15, 0.2) is 6.07 Å². The SMILES string of the molecule is Cc1cc2c(c(CO)c1C)C(C)(C)CC(C)C2(C)C. The molecule has 2 rings (SSSR count). The minimum atomic E-state index is 0.154. The lowest BCUT2D eigenvalue weighted by atomic mass is 9.57. The van der Waals surface area contributed by atoms with E-state index >= 15 is 0 Å². The lowest BCUT2D eigenvalue weighted by Crippen LogP contribution is -2.41. The highest BCUT2D eigenvalue weighted by atomic mass is 16.3. The van der Waals surface area contributed by atoms with Gasteiger partial charge < -0.3 is 5.11 Å². The van der Waals surface area contributed by atoms with Gasteiger partial charge in [0.1, 0.15) is 0 Å². The average molecular weight is 260 g/mol. The van der Waals surface area contributed by atoms with E-state index in [0.29, 0.717) is 5.92 Å². The summed E-state index contributed by atoms with van der Waals surface area (Å²) in [6, 6.07) is 2.36. The van der Waals surface area contributed by atoms with Crippen molar-refractivity contribution in [3.63, 3.8) is 0 Å². The maximum Gasteiger partial charge on any atom is 0.0687 e. The van der Waals surface area contributed by atoms with Crippen LogP contribution in [0.25, 0.3) is 0 Å². The van der Waals surface area contributed by atoms with E-state index in [9.17, 15) is 5.11 Å². The summed E-state index contributed by atoms with van der Waals surface area (Å²) in [7, 11) is 0. The lowest BCUT2D eigenvalue weighted by molar-refractivity contribution is 0.223. The van der Waals surface area contributed by atoms with Gasteiger partial charge in [-0.3, -0.25) is 0 Å². The molecule has 1 unspecified atom stereocenters. The van der Waals surface area contributed by atoms with Crippen molar-refractivity contribution >= 4 is 0 Å². The van der Waals surface area contributed by atoms with Gasteiger partial charge >= 0.3 is 0 Å². The number of aryl methyl sites for hydroxylation is 1. The molecule has 0 fully saturated rings. The molecule has 0 saturated heterocycles. The summed E-state index contributed by atoms with van der Waals surface area (Å²) in [6.45, 7) is 16.2. The molecular weight excluding hydrogens is 232 g/mol. The van der Waals surface area contributed by atoms with Gasteiger partial charge in [0.15, 0.2) is 0 Å². The minimum absolute atomic E-state index is 0.154. The molecule has 1 aromatic rings. The van der Waals surface area contributed by atoms with Gasteiger partial charge in [-0.2, -0.15) is 0 Å². The van der Waals surface area contributed by atoms with Crippen LogP contribution in [0.2, 0.25) is 0 Å². The standard InChI is InChI=1S/C18H28O/c1-11-8-15-16(14(10-19)13(11)3)17(4,5)9-12(2)18(15,6)7/h8,12,19H,9-10H2,1-7H3. The summed E-state index contributed by atoms with van der Waals surface area (Å²) in [4.78, 5) is 0. The smallest absolute Gasteiger partial charge is 0.0687 e. The summed E-state index contributed by atoms with van der Waals surface area (Å²) < 4.78 is 0. The number of hydrogen-bond donors (Lipinski definition) is 1. The Balaban J connectivity index is 2.85. The Labute approximate surface area is 118 Å². The Morgan fingerprint density at radius 2 is 1.79 bits per heavy atom. The van der Waals surface area contributed by atoms with Crippen LogP contribution < -0.4 is 0 Å². The summed E-state index contributed by atoms with van der Waals surface area (Å²) in [5, 5.41) is 9.87. The first kappa shape index (κ1) is 14.6. The monoisotopic (exact) mass is 260 g/mol. The highest BCUT2D eigenvalue weighted by Gasteiger charge is 2.43. The van der Waals surface area contributed by atoms with Crippen LogP contribution in [-0.2, 0) is 17.4 Å². The molecule has 1 heteroatoms. The maximum atomic E-state index is 9.87. The molecule has 1 aliphatic rings. The molecule has 0 spiro atoms. The third-order valence-corrected chi connectivity index (χ3v) is 5.55. The molecule has 0 radical (unpaired) electrons. The van der Waals surface area contributed by atoms with Crippen molar-refractivity contribution in [3.05, 3.63) is 33.9 Å². The topological polar surface area (TPSA) is 20.2 Å². The molecule has 1 aromatic carbocycles. The van der Waals surface area contributed by atoms with Crippen LogP contribution in [-0.4, -0.2) is 5.11 Å². The van der Waals surface area contributed by atoms with Crippen molar-refractivity contribution in [2.24, 2.45) is 5.92 Å². The zero-order valence-corrected chi connectivity index (χ0v) is 13.5. The molecule has 0 aliphatic heterocycles. The van der Waals surface area contributed by atoms with Crippen LogP contribution in [0.3, 0.4) is 0 Å². The molecule has 106 valence electrons. The zero-order chi connectivity index (χ0) is 14.6. The van der Waals surface area contributed by atoms with Crippen LogP contribution in [0.1, 0.15) is 68.9 Å². The third-order valence-electron chi connectivity index (χ3n) is 5.55. The van der Waals surface area contributed by atoms with Crippen molar-refractivity contribution < 1.29 is 5.11 Å². The Hall–Kier alpha value is -0.820. The first-order chi connectivity index (χ1) is 8.63. The number of fused-ring (bicyclic) bond motifs is 1. The van der Waals surface area contributed by atoms with Gasteiger partial charge in [-0.25, -0.2) is 0 Å². The van der Waals surface area contributed by atoms with E-state index in [0.717, 1.165) is 0 Å². The van der Waals surface area contributed by atoms with Crippen LogP contribution in [0, 0.1) is 19.8 Å². The fraction of sp³-hybridized carbons (Fsp3) is 0.667. The summed E-state index contributed by atoms with van der Waals surface area (Å²) in [5.41, 5.74) is 6.93. The number of rotatable bonds is 1. The summed E-state index contributed by atoms with van der Waals surface area (Å²) in [5.74, 6) is 0.656. The number of hydrogen-bond acceptors (Lipinski definition) is 1. The highest BCUT2D eigenvalue weighted by Crippen LogP contribution is 2.51. The molecule has 0 saturated carbocycles. The van der Waals surface area contributed by atoms with Crippen LogP contribution in [0.5, 0.6) is 0 Å². The predicted molar refractivity (Wildman–Crippen MR) is 81.7 cm³/mol. The molecule has 0 bridgehead atoms. The summed E-state index contributed by atoms with van der Waals surface area (Å²) in [6.07, 6.45) is 1.18. The van der Waals surface area contributed by atoms with Gasteiger partial charge in [0.05, 0.1) is 6.61 Å². The second-order valence-corrected chi connectivity index (χ2v) is 7.59. The van der Waals surface area contributed by atoms with E-state index in [1.807, 2.05) is 0 Å². The van der Waals surface area contributed by atoms with Crippen molar-refractivity contribution in [1.82, 2.24) is 0 Å². The van der Waals surface area contributed by atoms with Crippen LogP contribution in [0.4, 0.5) is 0 Å². The molecule has 0 heterocycles. The fourth-order valence-electron chi connectivity index (χ4n) is 3.85. The molecule has 1 nitrogen and oxygen atoms in total. The molecule has 1 aliphatic carbocycles. The Morgan fingerprint density at radius 1 is 1.21 bits per heavy atom. The second-order valence-electron chi connectivity index (χ2n) is 7.59. The molecule has 0 amide bonds. The van der Waals surface area contributed by atoms with Gasteiger partial charge in [0, 0.05) is 0 Å². The van der Waals surface area contributed by atoms with E-state index in [-0.39, 0.29) is 17.4 Å². The summed E-state index contributed by atoms with van der Waals surface area (Å²) >= 11 is 0. The molecule has 19 heavy (non-hydrogen) atoms. The van der Waals surface area contributed by atoms with Gasteiger partial charge in [-0.1, -0.05) is 40.7 Å².